The number of nitrogens with one attached hydrogen (secondary N) is 5. The number of amides is 4. The summed E-state index contributed by atoms with van der Waals surface area (Å²) in [6.45, 7) is 2.65. The number of likely N-dealkylation sites (tertiary alicyclic amines) is 2. The van der Waals surface area contributed by atoms with Crippen molar-refractivity contribution in [2.24, 2.45) is 0 Å². The molecule has 8 rings (SSSR count). The number of methoxy groups -OCH3 is 1. The number of nitrogens with zero attached hydrogens (tertiary/aromatic N) is 4. The molecule has 0 saturated carbocycles. The van der Waals surface area contributed by atoms with Gasteiger partial charge >= 0.3 is 12.2 Å². The molecule has 0 unspecified atom stereocenters. The number of rotatable bonds is 11. The molecule has 15 heteroatoms. The first-order valence-corrected chi connectivity index (χ1v) is 19.5. The van der Waals surface area contributed by atoms with E-state index >= 15 is 0 Å². The minimum Gasteiger partial charge on any atom is -0.465 e. The second-order valence-corrected chi connectivity index (χ2v) is 14.8. The summed E-state index contributed by atoms with van der Waals surface area (Å²) in [4.78, 5) is 73.4. The Labute approximate surface area is 334 Å². The minimum absolute atomic E-state index is 0.186. The number of para-hydroxylation sites is 1. The lowest BCUT2D eigenvalue weighted by Crippen LogP contribution is -2.49. The van der Waals surface area contributed by atoms with Crippen molar-refractivity contribution < 1.29 is 29.0 Å². The van der Waals surface area contributed by atoms with Gasteiger partial charge in [-0.25, -0.2) is 19.6 Å². The van der Waals surface area contributed by atoms with Crippen LogP contribution in [0.4, 0.5) is 9.59 Å². The molecule has 2 aliphatic heterocycles. The fourth-order valence-corrected chi connectivity index (χ4v) is 8.24. The third-order valence-corrected chi connectivity index (χ3v) is 11.2. The van der Waals surface area contributed by atoms with Crippen LogP contribution < -0.4 is 10.6 Å². The lowest BCUT2D eigenvalue weighted by Gasteiger charge is -2.28. The van der Waals surface area contributed by atoms with Gasteiger partial charge in [0.2, 0.25) is 11.8 Å². The van der Waals surface area contributed by atoms with Gasteiger partial charge in [0, 0.05) is 36.6 Å². The third-order valence-electron chi connectivity index (χ3n) is 11.2. The monoisotopic (exact) mass is 783 g/mol. The lowest BCUT2D eigenvalue weighted by atomic mass is 10.0. The number of aromatic amines is 3. The Balaban J connectivity index is 0.926. The molecule has 58 heavy (non-hydrogen) atoms. The van der Waals surface area contributed by atoms with Crippen molar-refractivity contribution in [1.29, 1.82) is 0 Å². The summed E-state index contributed by atoms with van der Waals surface area (Å²) in [5.74, 6) is 0.923. The molecule has 0 spiro atoms. The highest BCUT2D eigenvalue weighted by molar-refractivity contribution is 5.89. The number of aromatic nitrogens is 5. The maximum absolute atomic E-state index is 14.1. The predicted octanol–water partition coefficient (Wildman–Crippen LogP) is 6.57. The average Bonchev–Trinajstić information content (AvgIpc) is 4.10. The highest BCUT2D eigenvalue weighted by atomic mass is 16.5. The Morgan fingerprint density at radius 2 is 1.31 bits per heavy atom. The van der Waals surface area contributed by atoms with E-state index in [2.05, 4.69) is 54.8 Å². The highest BCUT2D eigenvalue weighted by Gasteiger charge is 2.37. The van der Waals surface area contributed by atoms with E-state index in [0.717, 1.165) is 75.8 Å². The standard InChI is InChI=1S/C43H45N9O6/c1-25(47-42(55)56)40(53)51-19-5-9-36(51)38-45-23-34(48-38)28-15-11-26(12-16-28)27-13-17-29(18-14-27)35-24-46-39(49-35)37-10-6-20-52(37)41(54)33(50-43(57)58-2)21-30-22-44-32-8-4-3-7-31(30)32/h3-4,7-8,11-18,22-25,33,36-37,44,47H,5-6,9-10,19-21H2,1-2H3,(H,45,48)(H,46,49)(H,50,57)(H,55,56)/t25-,33-,36-,37-/m0/s1. The van der Waals surface area contributed by atoms with E-state index < -0.39 is 24.3 Å². The van der Waals surface area contributed by atoms with E-state index in [-0.39, 0.29) is 23.9 Å². The van der Waals surface area contributed by atoms with Crippen molar-refractivity contribution in [2.45, 2.75) is 63.2 Å². The fraction of sp³-hybridized carbons (Fsp3) is 0.302. The molecule has 2 aliphatic rings. The van der Waals surface area contributed by atoms with Gasteiger partial charge in [-0.05, 0) is 66.5 Å². The quantitative estimate of drug-likeness (QED) is 0.0848. The Kier molecular flexibility index (Phi) is 10.7. The number of fused-ring (bicyclic) bond motifs is 1. The smallest absolute Gasteiger partial charge is 0.407 e. The molecule has 6 aromatic rings. The predicted molar refractivity (Wildman–Crippen MR) is 216 cm³/mol. The van der Waals surface area contributed by atoms with Crippen molar-refractivity contribution in [3.63, 3.8) is 0 Å². The molecular weight excluding hydrogens is 739 g/mol. The van der Waals surface area contributed by atoms with Crippen LogP contribution in [0.2, 0.25) is 0 Å². The van der Waals surface area contributed by atoms with Gasteiger partial charge in [-0.15, -0.1) is 0 Å². The molecule has 0 aliphatic carbocycles. The van der Waals surface area contributed by atoms with Crippen LogP contribution >= 0.6 is 0 Å². The van der Waals surface area contributed by atoms with Crippen LogP contribution in [0.3, 0.4) is 0 Å². The summed E-state index contributed by atoms with van der Waals surface area (Å²) in [5, 5.41) is 15.1. The lowest BCUT2D eigenvalue weighted by molar-refractivity contribution is -0.134. The van der Waals surface area contributed by atoms with Gasteiger partial charge in [-0.3, -0.25) is 9.59 Å². The van der Waals surface area contributed by atoms with Gasteiger partial charge in [0.05, 0.1) is 43.0 Å². The second-order valence-electron chi connectivity index (χ2n) is 14.8. The Morgan fingerprint density at radius 1 is 0.776 bits per heavy atom. The number of alkyl carbamates (subject to hydrolysis) is 1. The van der Waals surface area contributed by atoms with Gasteiger partial charge in [0.15, 0.2) is 0 Å². The second kappa shape index (κ2) is 16.3. The number of hydrogen-bond acceptors (Lipinski definition) is 7. The summed E-state index contributed by atoms with van der Waals surface area (Å²) in [6.07, 6.45) is 6.98. The zero-order valence-electron chi connectivity index (χ0n) is 32.2. The van der Waals surface area contributed by atoms with Crippen molar-refractivity contribution in [1.82, 2.24) is 45.4 Å². The number of carbonyl (C=O) groups is 4. The summed E-state index contributed by atoms with van der Waals surface area (Å²) in [5.41, 5.74) is 7.54. The zero-order chi connectivity index (χ0) is 40.3. The molecule has 3 aromatic carbocycles. The topological polar surface area (TPSA) is 201 Å². The van der Waals surface area contributed by atoms with Crippen LogP contribution in [0.15, 0.2) is 91.4 Å². The molecule has 2 saturated heterocycles. The molecule has 0 bridgehead atoms. The molecule has 2 fully saturated rings. The van der Waals surface area contributed by atoms with Crippen LogP contribution in [-0.4, -0.2) is 96.1 Å². The van der Waals surface area contributed by atoms with E-state index in [1.54, 1.807) is 24.2 Å². The van der Waals surface area contributed by atoms with Crippen LogP contribution in [0, 0.1) is 0 Å². The molecule has 4 amide bonds. The first-order valence-electron chi connectivity index (χ1n) is 19.5. The zero-order valence-corrected chi connectivity index (χ0v) is 32.2. The van der Waals surface area contributed by atoms with Crippen LogP contribution in [-0.2, 0) is 20.7 Å². The third kappa shape index (κ3) is 7.75. The Morgan fingerprint density at radius 3 is 1.86 bits per heavy atom. The van der Waals surface area contributed by atoms with E-state index in [0.29, 0.717) is 31.2 Å². The van der Waals surface area contributed by atoms with E-state index in [1.165, 1.54) is 7.11 Å². The minimum atomic E-state index is -1.23. The normalized spacial score (nSPS) is 17.6. The molecule has 4 atom stereocenters. The molecule has 3 aromatic heterocycles. The molecular formula is C43H45N9O6. The number of imidazole rings is 2. The van der Waals surface area contributed by atoms with Crippen LogP contribution in [0.25, 0.3) is 44.5 Å². The molecule has 0 radical (unpaired) electrons. The number of carbonyl (C=O) groups excluding carboxylic acids is 3. The average molecular weight is 784 g/mol. The number of ether oxygens (including phenoxy) is 1. The van der Waals surface area contributed by atoms with Gasteiger partial charge in [0.1, 0.15) is 23.7 Å². The summed E-state index contributed by atoms with van der Waals surface area (Å²) < 4.78 is 4.89. The summed E-state index contributed by atoms with van der Waals surface area (Å²) >= 11 is 0. The van der Waals surface area contributed by atoms with E-state index in [4.69, 9.17) is 14.8 Å². The SMILES string of the molecule is COC(=O)N[C@@H](Cc1c[nH]c2ccccc12)C(=O)N1CCC[C@H]1c1ncc(-c2ccc(-c3ccc(-c4cnc([C@@H]5CCCN5C(=O)[C@H](C)NC(=O)O)[nH]4)cc3)cc2)[nH]1. The van der Waals surface area contributed by atoms with Gasteiger partial charge < -0.3 is 45.2 Å². The largest absolute Gasteiger partial charge is 0.465 e. The summed E-state index contributed by atoms with van der Waals surface area (Å²) in [7, 11) is 1.29. The molecule has 5 heterocycles. The van der Waals surface area contributed by atoms with Crippen LogP contribution in [0.1, 0.15) is 61.9 Å². The van der Waals surface area contributed by atoms with Gasteiger partial charge in [0.25, 0.3) is 0 Å². The van der Waals surface area contributed by atoms with Gasteiger partial charge in [-0.2, -0.15) is 0 Å². The first kappa shape index (κ1) is 38.0. The highest BCUT2D eigenvalue weighted by Crippen LogP contribution is 2.35. The van der Waals surface area contributed by atoms with Crippen molar-refractivity contribution in [2.75, 3.05) is 20.2 Å². The van der Waals surface area contributed by atoms with Gasteiger partial charge in [-0.1, -0.05) is 66.7 Å². The van der Waals surface area contributed by atoms with Crippen molar-refractivity contribution in [3.8, 4) is 33.6 Å². The van der Waals surface area contributed by atoms with Crippen LogP contribution in [0.5, 0.6) is 0 Å². The molecule has 298 valence electrons. The van der Waals surface area contributed by atoms with Crippen molar-refractivity contribution in [3.05, 3.63) is 109 Å². The van der Waals surface area contributed by atoms with E-state index in [9.17, 15) is 19.2 Å². The molecule has 15 nitrogen and oxygen atoms in total. The van der Waals surface area contributed by atoms with Crippen molar-refractivity contribution >= 4 is 34.9 Å². The Bertz CT molecular complexity index is 2440. The fourth-order valence-electron chi connectivity index (χ4n) is 8.24. The number of benzene rings is 3. The maximum Gasteiger partial charge on any atom is 0.407 e. The van der Waals surface area contributed by atoms with E-state index in [1.807, 2.05) is 59.6 Å². The Hall–Kier alpha value is -6.90. The first-order chi connectivity index (χ1) is 28.2. The number of carboxylic acid groups (broad SMARTS) is 1. The maximum atomic E-state index is 14.1. The number of hydrogen-bond donors (Lipinski definition) is 6. The molecule has 6 N–H and O–H groups in total. The number of H-pyrrole nitrogens is 3. The summed E-state index contributed by atoms with van der Waals surface area (Å²) in [6, 6.07) is 22.1.